The SMILES string of the molecule is CCC1CCC(CO)CC1.OCC1CC2C3CC(CO)C(C3)C2C1. The van der Waals surface area contributed by atoms with Gasteiger partial charge < -0.3 is 15.3 Å². The lowest BCUT2D eigenvalue weighted by Crippen LogP contribution is -2.26. The van der Waals surface area contributed by atoms with E-state index in [-0.39, 0.29) is 0 Å². The zero-order valence-electron chi connectivity index (χ0n) is 15.4. The maximum Gasteiger partial charge on any atom is 0.0462 e. The summed E-state index contributed by atoms with van der Waals surface area (Å²) >= 11 is 0. The molecule has 2 bridgehead atoms. The standard InChI is InChI=1S/C12H20O2.C9H18O/c13-5-7-1-10-8-3-9(6-14)11(4-8)12(10)2-7;1-2-8-3-5-9(7-10)6-4-8/h7-14H,1-6H2;8-10H,2-7H2,1H3. The van der Waals surface area contributed by atoms with Crippen LogP contribution >= 0.6 is 0 Å². The molecule has 6 atom stereocenters. The highest BCUT2D eigenvalue weighted by molar-refractivity contribution is 5.04. The highest BCUT2D eigenvalue weighted by Crippen LogP contribution is 2.61. The fourth-order valence-corrected chi connectivity index (χ4v) is 6.51. The maximum atomic E-state index is 9.28. The van der Waals surface area contributed by atoms with Crippen LogP contribution in [0.15, 0.2) is 0 Å². The summed E-state index contributed by atoms with van der Waals surface area (Å²) in [5, 5.41) is 27.3. The normalized spacial score (nSPS) is 46.5. The van der Waals surface area contributed by atoms with Crippen molar-refractivity contribution in [2.24, 2.45) is 47.3 Å². The molecule has 4 aliphatic carbocycles. The van der Waals surface area contributed by atoms with Crippen LogP contribution in [0.5, 0.6) is 0 Å². The van der Waals surface area contributed by atoms with Crippen LogP contribution in [0.3, 0.4) is 0 Å². The van der Waals surface area contributed by atoms with Gasteiger partial charge in [0.05, 0.1) is 0 Å². The van der Waals surface area contributed by atoms with E-state index in [1.54, 1.807) is 0 Å². The Hall–Kier alpha value is -0.120. The molecule has 0 radical (unpaired) electrons. The van der Waals surface area contributed by atoms with Gasteiger partial charge in [0.15, 0.2) is 0 Å². The van der Waals surface area contributed by atoms with Crippen LogP contribution in [0.4, 0.5) is 0 Å². The maximum absolute atomic E-state index is 9.28. The van der Waals surface area contributed by atoms with Crippen LogP contribution in [0, 0.1) is 47.3 Å². The van der Waals surface area contributed by atoms with Crippen LogP contribution < -0.4 is 0 Å². The minimum atomic E-state index is 0.385. The molecule has 0 aromatic carbocycles. The zero-order valence-corrected chi connectivity index (χ0v) is 15.4. The van der Waals surface area contributed by atoms with Gasteiger partial charge in [0.1, 0.15) is 0 Å². The number of hydrogen-bond acceptors (Lipinski definition) is 3. The molecule has 24 heavy (non-hydrogen) atoms. The van der Waals surface area contributed by atoms with Crippen molar-refractivity contribution in [3.8, 4) is 0 Å². The van der Waals surface area contributed by atoms with E-state index < -0.39 is 0 Å². The predicted octanol–water partition coefficient (Wildman–Crippen LogP) is 3.46. The van der Waals surface area contributed by atoms with Gasteiger partial charge in [-0.15, -0.1) is 0 Å². The number of aliphatic hydroxyl groups excluding tert-OH is 3. The van der Waals surface area contributed by atoms with Crippen LogP contribution in [-0.4, -0.2) is 35.1 Å². The molecule has 3 heteroatoms. The van der Waals surface area contributed by atoms with E-state index in [1.165, 1.54) is 57.8 Å². The molecular formula is C21H38O3. The first-order chi connectivity index (χ1) is 11.7. The molecule has 0 aromatic rings. The molecule has 0 spiro atoms. The highest BCUT2D eigenvalue weighted by atomic mass is 16.3. The molecule has 0 aromatic heterocycles. The summed E-state index contributed by atoms with van der Waals surface area (Å²) in [4.78, 5) is 0. The highest BCUT2D eigenvalue weighted by Gasteiger charge is 2.55. The quantitative estimate of drug-likeness (QED) is 0.735. The van der Waals surface area contributed by atoms with Crippen molar-refractivity contribution < 1.29 is 15.3 Å². The third-order valence-electron chi connectivity index (χ3n) is 8.00. The van der Waals surface area contributed by atoms with E-state index in [4.69, 9.17) is 5.11 Å². The second-order valence-corrected chi connectivity index (χ2v) is 9.16. The Labute approximate surface area is 147 Å². The summed E-state index contributed by atoms with van der Waals surface area (Å²) in [6, 6.07) is 0. The summed E-state index contributed by atoms with van der Waals surface area (Å²) < 4.78 is 0. The van der Waals surface area contributed by atoms with E-state index in [2.05, 4.69) is 6.92 Å². The lowest BCUT2D eigenvalue weighted by molar-refractivity contribution is 0.120. The van der Waals surface area contributed by atoms with Crippen molar-refractivity contribution in [3.63, 3.8) is 0 Å². The molecule has 4 saturated carbocycles. The van der Waals surface area contributed by atoms with Crippen molar-refractivity contribution >= 4 is 0 Å². The molecule has 140 valence electrons. The molecule has 3 nitrogen and oxygen atoms in total. The molecule has 4 rings (SSSR count). The molecule has 3 N–H and O–H groups in total. The van der Waals surface area contributed by atoms with Crippen LogP contribution in [0.2, 0.25) is 0 Å². The summed E-state index contributed by atoms with van der Waals surface area (Å²) in [5.41, 5.74) is 0. The average Bonchev–Trinajstić information content (AvgIpc) is 3.33. The lowest BCUT2D eigenvalue weighted by Gasteiger charge is -2.30. The Morgan fingerprint density at radius 3 is 1.83 bits per heavy atom. The van der Waals surface area contributed by atoms with Crippen molar-refractivity contribution in [2.75, 3.05) is 19.8 Å². The van der Waals surface area contributed by atoms with Gasteiger partial charge in [-0.05, 0) is 85.9 Å². The van der Waals surface area contributed by atoms with E-state index in [0.717, 1.165) is 29.6 Å². The third-order valence-corrected chi connectivity index (χ3v) is 8.00. The molecule has 4 fully saturated rings. The van der Waals surface area contributed by atoms with E-state index in [9.17, 15) is 10.2 Å². The Morgan fingerprint density at radius 2 is 1.25 bits per heavy atom. The van der Waals surface area contributed by atoms with Gasteiger partial charge in [-0.25, -0.2) is 0 Å². The van der Waals surface area contributed by atoms with Gasteiger partial charge in [-0.1, -0.05) is 26.2 Å². The fraction of sp³-hybridized carbons (Fsp3) is 1.00. The first-order valence-corrected chi connectivity index (χ1v) is 10.5. The Balaban J connectivity index is 0.000000150. The van der Waals surface area contributed by atoms with Gasteiger partial charge in [0.2, 0.25) is 0 Å². The predicted molar refractivity (Wildman–Crippen MR) is 96.4 cm³/mol. The molecule has 4 aliphatic rings. The van der Waals surface area contributed by atoms with Crippen LogP contribution in [0.25, 0.3) is 0 Å². The zero-order chi connectivity index (χ0) is 17.1. The van der Waals surface area contributed by atoms with Crippen molar-refractivity contribution in [1.82, 2.24) is 0 Å². The van der Waals surface area contributed by atoms with Gasteiger partial charge >= 0.3 is 0 Å². The molecule has 0 aliphatic heterocycles. The van der Waals surface area contributed by atoms with Crippen molar-refractivity contribution in [2.45, 2.75) is 64.7 Å². The average molecular weight is 339 g/mol. The second-order valence-electron chi connectivity index (χ2n) is 9.16. The summed E-state index contributed by atoms with van der Waals surface area (Å²) in [7, 11) is 0. The smallest absolute Gasteiger partial charge is 0.0462 e. The number of fused-ring (bicyclic) bond motifs is 5. The lowest BCUT2D eigenvalue weighted by atomic mass is 9.76. The van der Waals surface area contributed by atoms with Crippen LogP contribution in [-0.2, 0) is 0 Å². The van der Waals surface area contributed by atoms with Gasteiger partial charge in [0, 0.05) is 19.8 Å². The fourth-order valence-electron chi connectivity index (χ4n) is 6.51. The molecule has 6 unspecified atom stereocenters. The largest absolute Gasteiger partial charge is 0.396 e. The number of rotatable bonds is 4. The monoisotopic (exact) mass is 338 g/mol. The molecule has 0 amide bonds. The summed E-state index contributed by atoms with van der Waals surface area (Å²) in [5.74, 6) is 6.20. The second kappa shape index (κ2) is 8.51. The van der Waals surface area contributed by atoms with Gasteiger partial charge in [0.25, 0.3) is 0 Å². The topological polar surface area (TPSA) is 60.7 Å². The number of aliphatic hydroxyl groups is 3. The molecular weight excluding hydrogens is 300 g/mol. The summed E-state index contributed by atoms with van der Waals surface area (Å²) in [6.45, 7) is 3.46. The Bertz CT molecular complexity index is 363. The minimum absolute atomic E-state index is 0.385. The van der Waals surface area contributed by atoms with Crippen LogP contribution in [0.1, 0.15) is 64.7 Å². The van der Waals surface area contributed by atoms with Gasteiger partial charge in [-0.3, -0.25) is 0 Å². The van der Waals surface area contributed by atoms with E-state index >= 15 is 0 Å². The van der Waals surface area contributed by atoms with Gasteiger partial charge in [-0.2, -0.15) is 0 Å². The number of hydrogen-bond donors (Lipinski definition) is 3. The molecule has 0 saturated heterocycles. The minimum Gasteiger partial charge on any atom is -0.396 e. The third kappa shape index (κ3) is 3.83. The molecule has 0 heterocycles. The summed E-state index contributed by atoms with van der Waals surface area (Å²) in [6.07, 6.45) is 11.7. The van der Waals surface area contributed by atoms with Crippen molar-refractivity contribution in [3.05, 3.63) is 0 Å². The Kier molecular flexibility index (Phi) is 6.62. The van der Waals surface area contributed by atoms with E-state index in [0.29, 0.717) is 37.6 Å². The van der Waals surface area contributed by atoms with Crippen molar-refractivity contribution in [1.29, 1.82) is 0 Å². The Morgan fingerprint density at radius 1 is 0.625 bits per heavy atom. The first-order valence-electron chi connectivity index (χ1n) is 10.5. The van der Waals surface area contributed by atoms with E-state index in [1.807, 2.05) is 0 Å². The first kappa shape index (κ1) is 18.7.